The van der Waals surface area contributed by atoms with E-state index in [2.05, 4.69) is 5.32 Å². The molecule has 4 heteroatoms. The molecule has 1 aliphatic heterocycles. The van der Waals surface area contributed by atoms with Gasteiger partial charge in [-0.3, -0.25) is 0 Å². The van der Waals surface area contributed by atoms with Crippen molar-refractivity contribution in [3.05, 3.63) is 33.8 Å². The van der Waals surface area contributed by atoms with Gasteiger partial charge in [0.2, 0.25) is 0 Å². The van der Waals surface area contributed by atoms with Gasteiger partial charge in [0.05, 0.1) is 6.10 Å². The van der Waals surface area contributed by atoms with Gasteiger partial charge in [0, 0.05) is 23.2 Å². The molecule has 100 valence electrons. The molecule has 1 heterocycles. The number of benzene rings is 1. The summed E-state index contributed by atoms with van der Waals surface area (Å²) in [5.74, 6) is 0. The van der Waals surface area contributed by atoms with Crippen molar-refractivity contribution in [2.45, 2.75) is 31.8 Å². The quantitative estimate of drug-likeness (QED) is 0.834. The first kappa shape index (κ1) is 14.1. The van der Waals surface area contributed by atoms with Gasteiger partial charge in [-0.25, -0.2) is 0 Å². The third kappa shape index (κ3) is 4.43. The lowest BCUT2D eigenvalue weighted by molar-refractivity contribution is 0.0171. The molecule has 0 amide bonds. The van der Waals surface area contributed by atoms with Crippen LogP contribution in [-0.4, -0.2) is 25.8 Å². The van der Waals surface area contributed by atoms with Gasteiger partial charge in [0.25, 0.3) is 0 Å². The third-order valence-electron chi connectivity index (χ3n) is 3.23. The summed E-state index contributed by atoms with van der Waals surface area (Å²) in [4.78, 5) is 0. The van der Waals surface area contributed by atoms with Crippen molar-refractivity contribution >= 4 is 23.2 Å². The minimum atomic E-state index is 0.388. The Bertz CT molecular complexity index is 378. The van der Waals surface area contributed by atoms with Crippen LogP contribution in [0.15, 0.2) is 18.2 Å². The van der Waals surface area contributed by atoms with Crippen molar-refractivity contribution in [1.29, 1.82) is 0 Å². The summed E-state index contributed by atoms with van der Waals surface area (Å²) in [6.07, 6.45) is 4.98. The minimum Gasteiger partial charge on any atom is -0.377 e. The van der Waals surface area contributed by atoms with Crippen LogP contribution in [0.2, 0.25) is 10.0 Å². The van der Waals surface area contributed by atoms with Crippen LogP contribution in [-0.2, 0) is 11.2 Å². The standard InChI is InChI=1S/C14H19Cl2NO/c15-12-5-4-11(14(16)9-12)6-7-17-10-13-3-1-2-8-18-13/h4-5,9,13,17H,1-3,6-8,10H2. The number of ether oxygens (including phenoxy) is 1. The smallest absolute Gasteiger partial charge is 0.0699 e. The van der Waals surface area contributed by atoms with Crippen LogP contribution in [0.4, 0.5) is 0 Å². The van der Waals surface area contributed by atoms with Crippen LogP contribution in [0.1, 0.15) is 24.8 Å². The van der Waals surface area contributed by atoms with Gasteiger partial charge in [-0.15, -0.1) is 0 Å². The number of nitrogens with one attached hydrogen (secondary N) is 1. The molecule has 1 N–H and O–H groups in total. The zero-order chi connectivity index (χ0) is 12.8. The molecule has 1 aliphatic rings. The molecular formula is C14H19Cl2NO. The van der Waals surface area contributed by atoms with Crippen molar-refractivity contribution < 1.29 is 4.74 Å². The van der Waals surface area contributed by atoms with Gasteiger partial charge in [0.1, 0.15) is 0 Å². The van der Waals surface area contributed by atoms with E-state index in [1.807, 2.05) is 12.1 Å². The molecule has 1 aromatic rings. The maximum Gasteiger partial charge on any atom is 0.0699 e. The van der Waals surface area contributed by atoms with Gasteiger partial charge in [-0.2, -0.15) is 0 Å². The molecule has 0 aromatic heterocycles. The van der Waals surface area contributed by atoms with E-state index in [0.29, 0.717) is 11.1 Å². The van der Waals surface area contributed by atoms with Crippen molar-refractivity contribution in [2.75, 3.05) is 19.7 Å². The second kappa shape index (κ2) is 7.34. The molecule has 0 bridgehead atoms. The van der Waals surface area contributed by atoms with Crippen molar-refractivity contribution in [3.8, 4) is 0 Å². The lowest BCUT2D eigenvalue weighted by Gasteiger charge is -2.22. The molecule has 0 saturated carbocycles. The topological polar surface area (TPSA) is 21.3 Å². The van der Waals surface area contributed by atoms with Crippen LogP contribution < -0.4 is 5.32 Å². The van der Waals surface area contributed by atoms with Crippen molar-refractivity contribution in [2.24, 2.45) is 0 Å². The highest BCUT2D eigenvalue weighted by Crippen LogP contribution is 2.21. The van der Waals surface area contributed by atoms with E-state index in [9.17, 15) is 0 Å². The molecule has 2 rings (SSSR count). The van der Waals surface area contributed by atoms with Gasteiger partial charge in [-0.05, 0) is 49.9 Å². The lowest BCUT2D eigenvalue weighted by atomic mass is 10.1. The van der Waals surface area contributed by atoms with Crippen LogP contribution in [0.5, 0.6) is 0 Å². The first-order valence-electron chi connectivity index (χ1n) is 6.52. The molecule has 1 saturated heterocycles. The average molecular weight is 288 g/mol. The highest BCUT2D eigenvalue weighted by Gasteiger charge is 2.12. The summed E-state index contributed by atoms with van der Waals surface area (Å²) < 4.78 is 5.66. The second-order valence-electron chi connectivity index (χ2n) is 4.68. The van der Waals surface area contributed by atoms with E-state index in [-0.39, 0.29) is 0 Å². The Morgan fingerprint density at radius 3 is 2.89 bits per heavy atom. The van der Waals surface area contributed by atoms with Gasteiger partial charge in [0.15, 0.2) is 0 Å². The fourth-order valence-electron chi connectivity index (χ4n) is 2.18. The molecular weight excluding hydrogens is 269 g/mol. The Morgan fingerprint density at radius 1 is 1.28 bits per heavy atom. The molecule has 0 radical (unpaired) electrons. The zero-order valence-corrected chi connectivity index (χ0v) is 11.9. The summed E-state index contributed by atoms with van der Waals surface area (Å²) in [7, 11) is 0. The van der Waals surface area contributed by atoms with E-state index in [1.165, 1.54) is 19.3 Å². The van der Waals surface area contributed by atoms with Gasteiger partial charge >= 0.3 is 0 Å². The SMILES string of the molecule is Clc1ccc(CCNCC2CCCCO2)c(Cl)c1. The molecule has 18 heavy (non-hydrogen) atoms. The maximum absolute atomic E-state index is 6.12. The molecule has 0 aliphatic carbocycles. The monoisotopic (exact) mass is 287 g/mol. The highest BCUT2D eigenvalue weighted by atomic mass is 35.5. The van der Waals surface area contributed by atoms with Gasteiger partial charge in [-0.1, -0.05) is 29.3 Å². The number of halogens is 2. The van der Waals surface area contributed by atoms with Crippen LogP contribution in [0.3, 0.4) is 0 Å². The second-order valence-corrected chi connectivity index (χ2v) is 5.52. The average Bonchev–Trinajstić information content (AvgIpc) is 2.38. The number of hydrogen-bond donors (Lipinski definition) is 1. The lowest BCUT2D eigenvalue weighted by Crippen LogP contribution is -2.32. The van der Waals surface area contributed by atoms with Crippen molar-refractivity contribution in [1.82, 2.24) is 5.32 Å². The Balaban J connectivity index is 1.68. The molecule has 1 aromatic carbocycles. The molecule has 2 nitrogen and oxygen atoms in total. The fraction of sp³-hybridized carbons (Fsp3) is 0.571. The Hall–Kier alpha value is -0.280. The largest absolute Gasteiger partial charge is 0.377 e. The summed E-state index contributed by atoms with van der Waals surface area (Å²) in [5, 5.41) is 4.86. The number of rotatable bonds is 5. The Labute approximate surface area is 119 Å². The Kier molecular flexibility index (Phi) is 5.77. The Morgan fingerprint density at radius 2 is 2.17 bits per heavy atom. The van der Waals surface area contributed by atoms with Crippen LogP contribution >= 0.6 is 23.2 Å². The molecule has 1 atom stereocenters. The van der Waals surface area contributed by atoms with Crippen LogP contribution in [0.25, 0.3) is 0 Å². The normalized spacial score (nSPS) is 20.0. The van der Waals surface area contributed by atoms with E-state index >= 15 is 0 Å². The minimum absolute atomic E-state index is 0.388. The third-order valence-corrected chi connectivity index (χ3v) is 3.82. The molecule has 1 fully saturated rings. The summed E-state index contributed by atoms with van der Waals surface area (Å²) in [5.41, 5.74) is 1.14. The first-order chi connectivity index (χ1) is 8.75. The van der Waals surface area contributed by atoms with E-state index < -0.39 is 0 Å². The summed E-state index contributed by atoms with van der Waals surface area (Å²) in [6.45, 7) is 2.77. The van der Waals surface area contributed by atoms with E-state index in [1.54, 1.807) is 6.07 Å². The predicted molar refractivity (Wildman–Crippen MR) is 76.6 cm³/mol. The first-order valence-corrected chi connectivity index (χ1v) is 7.27. The molecule has 1 unspecified atom stereocenters. The van der Waals surface area contributed by atoms with Crippen LogP contribution in [0, 0.1) is 0 Å². The van der Waals surface area contributed by atoms with E-state index in [4.69, 9.17) is 27.9 Å². The summed E-state index contributed by atoms with van der Waals surface area (Å²) >= 11 is 12.0. The predicted octanol–water partition coefficient (Wildman–Crippen LogP) is 3.69. The number of hydrogen-bond acceptors (Lipinski definition) is 2. The van der Waals surface area contributed by atoms with E-state index in [0.717, 1.165) is 36.7 Å². The highest BCUT2D eigenvalue weighted by molar-refractivity contribution is 6.35. The summed E-state index contributed by atoms with van der Waals surface area (Å²) in [6, 6.07) is 5.67. The van der Waals surface area contributed by atoms with Crippen molar-refractivity contribution in [3.63, 3.8) is 0 Å². The maximum atomic E-state index is 6.12. The fourth-order valence-corrected chi connectivity index (χ4v) is 2.68. The zero-order valence-electron chi connectivity index (χ0n) is 10.4. The molecule has 0 spiro atoms. The van der Waals surface area contributed by atoms with Gasteiger partial charge < -0.3 is 10.1 Å².